The summed E-state index contributed by atoms with van der Waals surface area (Å²) in [6.45, 7) is 18.5. The number of nitrogens with zero attached hydrogens (tertiary/aromatic N) is 2. The average Bonchev–Trinajstić information content (AvgIpc) is 2.96. The summed E-state index contributed by atoms with van der Waals surface area (Å²) in [6.07, 6.45) is 8.84. The second kappa shape index (κ2) is 15.6. The number of para-hydroxylation sites is 1. The SMILES string of the molecule is CC.CC/C=C(CN1C(=O)CC(CC)(CC)N=C1N)/C(=C\C=C(/C)C(=O)NC1CC(C)(C)Oc2ccccc21)OCC. The zero-order valence-corrected chi connectivity index (χ0v) is 27.2. The summed E-state index contributed by atoms with van der Waals surface area (Å²) in [5.41, 5.74) is 7.82. The molecule has 2 aliphatic heterocycles. The van der Waals surface area contributed by atoms with Crippen molar-refractivity contribution in [3.8, 4) is 5.75 Å². The zero-order valence-electron chi connectivity index (χ0n) is 27.2. The van der Waals surface area contributed by atoms with Gasteiger partial charge in [0.25, 0.3) is 0 Å². The lowest BCUT2D eigenvalue weighted by molar-refractivity contribution is -0.129. The zero-order chi connectivity index (χ0) is 31.5. The van der Waals surface area contributed by atoms with Gasteiger partial charge < -0.3 is 20.5 Å². The van der Waals surface area contributed by atoms with Gasteiger partial charge in [0.1, 0.15) is 17.1 Å². The lowest BCUT2D eigenvalue weighted by atomic mass is 9.88. The number of hydrogen-bond donors (Lipinski definition) is 2. The quantitative estimate of drug-likeness (QED) is 0.171. The van der Waals surface area contributed by atoms with Crippen molar-refractivity contribution in [3.05, 3.63) is 65.0 Å². The van der Waals surface area contributed by atoms with Gasteiger partial charge in [0.2, 0.25) is 11.8 Å². The van der Waals surface area contributed by atoms with E-state index in [2.05, 4.69) is 5.32 Å². The highest BCUT2D eigenvalue weighted by Gasteiger charge is 2.38. The molecule has 1 aromatic rings. The van der Waals surface area contributed by atoms with Crippen LogP contribution in [0.5, 0.6) is 5.75 Å². The van der Waals surface area contributed by atoms with Gasteiger partial charge in [0.15, 0.2) is 5.96 Å². The number of carbonyl (C=O) groups excluding carboxylic acids is 2. The van der Waals surface area contributed by atoms with E-state index in [1.165, 1.54) is 4.90 Å². The predicted molar refractivity (Wildman–Crippen MR) is 171 cm³/mol. The molecule has 0 spiro atoms. The van der Waals surface area contributed by atoms with Crippen LogP contribution in [0.4, 0.5) is 0 Å². The topological polar surface area (TPSA) is 106 Å². The number of nitrogens with one attached hydrogen (secondary N) is 1. The molecule has 1 atom stereocenters. The van der Waals surface area contributed by atoms with Gasteiger partial charge in [0, 0.05) is 23.1 Å². The summed E-state index contributed by atoms with van der Waals surface area (Å²) in [5, 5.41) is 3.18. The summed E-state index contributed by atoms with van der Waals surface area (Å²) in [4.78, 5) is 32.6. The fourth-order valence-electron chi connectivity index (χ4n) is 5.22. The number of ether oxygens (including phenoxy) is 2. The molecule has 0 fully saturated rings. The Kier molecular flexibility index (Phi) is 12.9. The van der Waals surface area contributed by atoms with Crippen LogP contribution in [0.15, 0.2) is 64.4 Å². The van der Waals surface area contributed by atoms with Crippen molar-refractivity contribution in [1.82, 2.24) is 10.2 Å². The molecular weight excluding hydrogens is 528 g/mol. The first kappa shape index (κ1) is 34.7. The van der Waals surface area contributed by atoms with Crippen molar-refractivity contribution in [2.75, 3.05) is 13.2 Å². The number of carbonyl (C=O) groups is 2. The third-order valence-corrected chi connectivity index (χ3v) is 7.65. The Labute approximate surface area is 253 Å². The Morgan fingerprint density at radius 3 is 2.43 bits per heavy atom. The Morgan fingerprint density at radius 1 is 1.17 bits per heavy atom. The van der Waals surface area contributed by atoms with Crippen LogP contribution >= 0.6 is 0 Å². The van der Waals surface area contributed by atoms with E-state index >= 15 is 0 Å². The molecule has 0 saturated carbocycles. The van der Waals surface area contributed by atoms with Crippen LogP contribution in [-0.2, 0) is 14.3 Å². The smallest absolute Gasteiger partial charge is 0.247 e. The highest BCUT2D eigenvalue weighted by molar-refractivity contribution is 5.99. The van der Waals surface area contributed by atoms with Crippen molar-refractivity contribution in [2.24, 2.45) is 10.7 Å². The van der Waals surface area contributed by atoms with Crippen molar-refractivity contribution in [3.63, 3.8) is 0 Å². The van der Waals surface area contributed by atoms with Crippen molar-refractivity contribution in [2.45, 2.75) is 112 Å². The number of aliphatic imine (C=N–C) groups is 1. The lowest BCUT2D eigenvalue weighted by Crippen LogP contribution is -2.52. The number of nitrogens with two attached hydrogens (primary N) is 1. The Bertz CT molecular complexity index is 1210. The molecule has 3 rings (SSSR count). The van der Waals surface area contributed by atoms with Crippen LogP contribution in [-0.4, -0.2) is 47.0 Å². The van der Waals surface area contributed by atoms with Crippen LogP contribution in [0.3, 0.4) is 0 Å². The standard InChI is InChI=1S/C32H46N4O4.C2H6/c1-8-14-23(21-36-28(37)20-32(9-2,10-3)35-30(36)33)26(39-11-4)18-17-22(5)29(38)34-25-19-31(6,7)40-27-16-13-12-15-24(25)27;1-2/h12-18,25H,8-11,19-21H2,1-7H3,(H2,33,35)(H,34,38);1-2H3/b22-17+,23-14+,26-18+;. The third kappa shape index (κ3) is 8.73. The molecule has 8 heteroatoms. The molecule has 2 amide bonds. The van der Waals surface area contributed by atoms with E-state index < -0.39 is 11.1 Å². The Morgan fingerprint density at radius 2 is 1.83 bits per heavy atom. The molecule has 8 nitrogen and oxygen atoms in total. The molecule has 0 bridgehead atoms. The maximum atomic E-state index is 13.2. The molecular formula is C34H52N4O4. The first-order valence-electron chi connectivity index (χ1n) is 15.4. The Balaban J connectivity index is 0.00000301. The van der Waals surface area contributed by atoms with Gasteiger partial charge in [-0.2, -0.15) is 0 Å². The highest BCUT2D eigenvalue weighted by atomic mass is 16.5. The monoisotopic (exact) mass is 580 g/mol. The first-order valence-corrected chi connectivity index (χ1v) is 15.4. The van der Waals surface area contributed by atoms with E-state index in [4.69, 9.17) is 20.2 Å². The van der Waals surface area contributed by atoms with Crippen molar-refractivity contribution in [1.29, 1.82) is 0 Å². The molecule has 0 radical (unpaired) electrons. The van der Waals surface area contributed by atoms with Crippen LogP contribution < -0.4 is 15.8 Å². The van der Waals surface area contributed by atoms with E-state index in [-0.39, 0.29) is 30.4 Å². The Hall–Kier alpha value is -3.55. The van der Waals surface area contributed by atoms with E-state index in [1.54, 1.807) is 19.1 Å². The van der Waals surface area contributed by atoms with Crippen LogP contribution in [0, 0.1) is 0 Å². The fraction of sp³-hybridized carbons (Fsp3) is 0.559. The fourth-order valence-corrected chi connectivity index (χ4v) is 5.22. The molecule has 232 valence electrons. The van der Waals surface area contributed by atoms with Gasteiger partial charge in [-0.25, -0.2) is 4.99 Å². The van der Waals surface area contributed by atoms with Crippen LogP contribution in [0.2, 0.25) is 0 Å². The van der Waals surface area contributed by atoms with Crippen LogP contribution in [0.1, 0.15) is 106 Å². The lowest BCUT2D eigenvalue weighted by Gasteiger charge is -2.37. The number of hydrogen-bond acceptors (Lipinski definition) is 6. The first-order chi connectivity index (χ1) is 20.0. The largest absolute Gasteiger partial charge is 0.494 e. The summed E-state index contributed by atoms with van der Waals surface area (Å²) < 4.78 is 12.1. The minimum atomic E-state index is -0.432. The van der Waals surface area contributed by atoms with Gasteiger partial charge in [-0.15, -0.1) is 0 Å². The second-order valence-electron chi connectivity index (χ2n) is 11.1. The summed E-state index contributed by atoms with van der Waals surface area (Å²) in [7, 11) is 0. The number of allylic oxidation sites excluding steroid dienone is 3. The summed E-state index contributed by atoms with van der Waals surface area (Å²) in [5.74, 6) is 1.42. The average molecular weight is 581 g/mol. The molecule has 1 unspecified atom stereocenters. The van der Waals surface area contributed by atoms with Gasteiger partial charge in [-0.1, -0.05) is 65.0 Å². The van der Waals surface area contributed by atoms with Gasteiger partial charge in [-0.3, -0.25) is 14.5 Å². The molecule has 2 heterocycles. The predicted octanol–water partition coefficient (Wildman–Crippen LogP) is 6.74. The minimum Gasteiger partial charge on any atom is -0.494 e. The van der Waals surface area contributed by atoms with E-state index in [0.29, 0.717) is 30.8 Å². The molecule has 0 aromatic heterocycles. The normalized spacial score (nSPS) is 20.0. The van der Waals surface area contributed by atoms with Gasteiger partial charge in [-0.05, 0) is 59.1 Å². The van der Waals surface area contributed by atoms with E-state index in [9.17, 15) is 9.59 Å². The van der Waals surface area contributed by atoms with E-state index in [0.717, 1.165) is 36.1 Å². The summed E-state index contributed by atoms with van der Waals surface area (Å²) >= 11 is 0. The van der Waals surface area contributed by atoms with Crippen molar-refractivity contribution < 1.29 is 19.1 Å². The second-order valence-corrected chi connectivity index (χ2v) is 11.1. The van der Waals surface area contributed by atoms with E-state index in [1.807, 2.05) is 85.7 Å². The molecule has 0 saturated heterocycles. The number of fused-ring (bicyclic) bond motifs is 1. The van der Waals surface area contributed by atoms with Crippen molar-refractivity contribution >= 4 is 17.8 Å². The molecule has 3 N–H and O–H groups in total. The highest BCUT2D eigenvalue weighted by Crippen LogP contribution is 2.39. The molecule has 2 aliphatic rings. The van der Waals surface area contributed by atoms with Gasteiger partial charge >= 0.3 is 0 Å². The minimum absolute atomic E-state index is 0.0418. The molecule has 1 aromatic carbocycles. The van der Waals surface area contributed by atoms with Gasteiger partial charge in [0.05, 0.1) is 31.2 Å². The summed E-state index contributed by atoms with van der Waals surface area (Å²) in [6, 6.07) is 7.66. The molecule has 0 aliphatic carbocycles. The number of benzene rings is 1. The maximum Gasteiger partial charge on any atom is 0.247 e. The number of guanidine groups is 1. The maximum absolute atomic E-state index is 13.2. The third-order valence-electron chi connectivity index (χ3n) is 7.65. The van der Waals surface area contributed by atoms with Crippen LogP contribution in [0.25, 0.3) is 0 Å². The number of amides is 2. The number of rotatable bonds is 11. The molecule has 42 heavy (non-hydrogen) atoms.